The molecule has 1 aliphatic heterocycles. The van der Waals surface area contributed by atoms with Crippen molar-refractivity contribution in [1.82, 2.24) is 0 Å². The van der Waals surface area contributed by atoms with E-state index in [0.717, 1.165) is 19.5 Å². The first-order valence-electron chi connectivity index (χ1n) is 7.22. The van der Waals surface area contributed by atoms with Crippen molar-refractivity contribution in [2.45, 2.75) is 39.0 Å². The largest absolute Gasteiger partial charge is 0.387 e. The lowest BCUT2D eigenvalue weighted by molar-refractivity contribution is 0.590. The van der Waals surface area contributed by atoms with Crippen LogP contribution in [0.5, 0.6) is 0 Å². The zero-order valence-electron chi connectivity index (χ0n) is 13.1. The highest BCUT2D eigenvalue weighted by Gasteiger charge is 2.16. The average molecular weight is 308 g/mol. The van der Waals surface area contributed by atoms with Crippen molar-refractivity contribution in [3.05, 3.63) is 41.5 Å². The minimum atomic E-state index is 0. The summed E-state index contributed by atoms with van der Waals surface area (Å²) in [6, 6.07) is 8.88. The number of nitrogens with two attached hydrogens (primary N) is 1. The SMILES string of the molecule is CC(C)(C)c1ccc(N2CC=C(CC(=N)N)CC2)cc1.Cl. The number of rotatable bonds is 3. The van der Waals surface area contributed by atoms with Gasteiger partial charge in [0.1, 0.15) is 0 Å². The van der Waals surface area contributed by atoms with E-state index in [-0.39, 0.29) is 23.7 Å². The normalized spacial score (nSPS) is 15.2. The number of benzene rings is 1. The third kappa shape index (κ3) is 4.78. The summed E-state index contributed by atoms with van der Waals surface area (Å²) in [5, 5.41) is 7.35. The first-order valence-corrected chi connectivity index (χ1v) is 7.22. The minimum absolute atomic E-state index is 0. The molecular weight excluding hydrogens is 282 g/mol. The number of nitrogens with zero attached hydrogens (tertiary/aromatic N) is 1. The Hall–Kier alpha value is -1.48. The first kappa shape index (κ1) is 17.6. The lowest BCUT2D eigenvalue weighted by atomic mass is 9.87. The summed E-state index contributed by atoms with van der Waals surface area (Å²) in [7, 11) is 0. The van der Waals surface area contributed by atoms with Crippen LogP contribution >= 0.6 is 12.4 Å². The molecule has 0 atom stereocenters. The maximum absolute atomic E-state index is 7.35. The second kappa shape index (κ2) is 6.99. The summed E-state index contributed by atoms with van der Waals surface area (Å²) in [5.74, 6) is 0.263. The third-order valence-corrected chi connectivity index (χ3v) is 3.82. The average Bonchev–Trinajstić information content (AvgIpc) is 2.38. The van der Waals surface area contributed by atoms with Crippen LogP contribution < -0.4 is 10.6 Å². The Morgan fingerprint density at radius 1 is 1.24 bits per heavy atom. The number of hydrogen-bond donors (Lipinski definition) is 2. The van der Waals surface area contributed by atoms with Gasteiger partial charge in [0.05, 0.1) is 5.84 Å². The van der Waals surface area contributed by atoms with Crippen LogP contribution in [-0.2, 0) is 5.41 Å². The van der Waals surface area contributed by atoms with Crippen molar-refractivity contribution >= 4 is 23.9 Å². The van der Waals surface area contributed by atoms with Gasteiger partial charge in [-0.05, 0) is 29.5 Å². The Morgan fingerprint density at radius 3 is 2.29 bits per heavy atom. The highest BCUT2D eigenvalue weighted by Crippen LogP contribution is 2.26. The maximum Gasteiger partial charge on any atom is 0.0946 e. The van der Waals surface area contributed by atoms with E-state index in [0.29, 0.717) is 6.42 Å². The minimum Gasteiger partial charge on any atom is -0.387 e. The maximum atomic E-state index is 7.35. The summed E-state index contributed by atoms with van der Waals surface area (Å²) in [5.41, 5.74) is 9.59. The van der Waals surface area contributed by atoms with Crippen LogP contribution in [0.15, 0.2) is 35.9 Å². The summed E-state index contributed by atoms with van der Waals surface area (Å²) in [6.07, 6.45) is 3.83. The molecule has 0 saturated heterocycles. The van der Waals surface area contributed by atoms with Gasteiger partial charge >= 0.3 is 0 Å². The van der Waals surface area contributed by atoms with Crippen molar-refractivity contribution in [2.75, 3.05) is 18.0 Å². The number of hydrogen-bond acceptors (Lipinski definition) is 2. The monoisotopic (exact) mass is 307 g/mol. The Kier molecular flexibility index (Phi) is 5.85. The molecule has 0 radical (unpaired) electrons. The summed E-state index contributed by atoms with van der Waals surface area (Å²) in [6.45, 7) is 8.63. The van der Waals surface area contributed by atoms with Crippen LogP contribution in [0.25, 0.3) is 0 Å². The fourth-order valence-electron chi connectivity index (χ4n) is 2.52. The summed E-state index contributed by atoms with van der Waals surface area (Å²) in [4.78, 5) is 2.37. The van der Waals surface area contributed by atoms with E-state index in [2.05, 4.69) is 56.0 Å². The second-order valence-corrected chi connectivity index (χ2v) is 6.56. The molecule has 0 bridgehead atoms. The van der Waals surface area contributed by atoms with E-state index in [1.54, 1.807) is 0 Å². The summed E-state index contributed by atoms with van der Waals surface area (Å²) >= 11 is 0. The molecule has 1 aromatic carbocycles. The van der Waals surface area contributed by atoms with Gasteiger partial charge in [-0.2, -0.15) is 0 Å². The molecule has 21 heavy (non-hydrogen) atoms. The Morgan fingerprint density at radius 2 is 1.86 bits per heavy atom. The van der Waals surface area contributed by atoms with Crippen LogP contribution in [0, 0.1) is 5.41 Å². The molecule has 1 aromatic rings. The molecule has 0 aromatic heterocycles. The molecule has 0 aliphatic carbocycles. The lowest BCUT2D eigenvalue weighted by Crippen LogP contribution is -2.29. The molecule has 0 fully saturated rings. The zero-order valence-corrected chi connectivity index (χ0v) is 14.0. The van der Waals surface area contributed by atoms with Crippen LogP contribution in [0.1, 0.15) is 39.2 Å². The molecule has 116 valence electrons. The Bertz CT molecular complexity index is 512. The van der Waals surface area contributed by atoms with E-state index in [1.165, 1.54) is 16.8 Å². The molecule has 4 heteroatoms. The van der Waals surface area contributed by atoms with Crippen molar-refractivity contribution in [3.8, 4) is 0 Å². The van der Waals surface area contributed by atoms with Gasteiger partial charge in [0.2, 0.25) is 0 Å². The Labute approximate surface area is 134 Å². The fraction of sp³-hybridized carbons (Fsp3) is 0.471. The number of anilines is 1. The van der Waals surface area contributed by atoms with Crippen LogP contribution in [-0.4, -0.2) is 18.9 Å². The molecule has 0 saturated carbocycles. The smallest absolute Gasteiger partial charge is 0.0946 e. The van der Waals surface area contributed by atoms with Gasteiger partial charge in [0.25, 0.3) is 0 Å². The van der Waals surface area contributed by atoms with Crippen molar-refractivity contribution in [2.24, 2.45) is 5.73 Å². The molecule has 0 amide bonds. The topological polar surface area (TPSA) is 53.1 Å². The van der Waals surface area contributed by atoms with E-state index in [1.807, 2.05) is 0 Å². The van der Waals surface area contributed by atoms with Crippen molar-refractivity contribution in [1.29, 1.82) is 5.41 Å². The van der Waals surface area contributed by atoms with Gasteiger partial charge in [-0.25, -0.2) is 0 Å². The van der Waals surface area contributed by atoms with Gasteiger partial charge in [-0.3, -0.25) is 5.41 Å². The van der Waals surface area contributed by atoms with Gasteiger partial charge in [0.15, 0.2) is 0 Å². The molecule has 1 heterocycles. The van der Waals surface area contributed by atoms with Crippen molar-refractivity contribution < 1.29 is 0 Å². The third-order valence-electron chi connectivity index (χ3n) is 3.82. The zero-order chi connectivity index (χ0) is 14.8. The predicted molar refractivity (Wildman–Crippen MR) is 93.8 cm³/mol. The number of nitrogens with one attached hydrogen (secondary N) is 1. The van der Waals surface area contributed by atoms with Gasteiger partial charge in [-0.15, -0.1) is 12.4 Å². The van der Waals surface area contributed by atoms with Crippen LogP contribution in [0.3, 0.4) is 0 Å². The lowest BCUT2D eigenvalue weighted by Gasteiger charge is -2.29. The molecule has 2 rings (SSSR count). The molecule has 3 nitrogen and oxygen atoms in total. The molecule has 1 aliphatic rings. The number of amidine groups is 1. The highest BCUT2D eigenvalue weighted by molar-refractivity contribution is 5.85. The van der Waals surface area contributed by atoms with Crippen LogP contribution in [0.4, 0.5) is 5.69 Å². The van der Waals surface area contributed by atoms with Gasteiger partial charge in [-0.1, -0.05) is 44.6 Å². The summed E-state index contributed by atoms with van der Waals surface area (Å²) < 4.78 is 0. The Balaban J connectivity index is 0.00000220. The second-order valence-electron chi connectivity index (χ2n) is 6.56. The number of halogens is 1. The van der Waals surface area contributed by atoms with Gasteiger partial charge in [0, 0.05) is 25.2 Å². The van der Waals surface area contributed by atoms with Crippen LogP contribution in [0.2, 0.25) is 0 Å². The molecular formula is C17H26ClN3. The van der Waals surface area contributed by atoms with Crippen molar-refractivity contribution in [3.63, 3.8) is 0 Å². The van der Waals surface area contributed by atoms with E-state index < -0.39 is 0 Å². The quantitative estimate of drug-likeness (QED) is 0.506. The fourth-order valence-corrected chi connectivity index (χ4v) is 2.52. The van der Waals surface area contributed by atoms with Gasteiger partial charge < -0.3 is 10.6 Å². The van der Waals surface area contributed by atoms with E-state index >= 15 is 0 Å². The van der Waals surface area contributed by atoms with E-state index in [4.69, 9.17) is 11.1 Å². The molecule has 3 N–H and O–H groups in total. The standard InChI is InChI=1S/C17H25N3.ClH/c1-17(2,3)14-4-6-15(7-5-14)20-10-8-13(9-11-20)12-16(18)19;/h4-8H,9-12H2,1-3H3,(H3,18,19);1H. The predicted octanol–water partition coefficient (Wildman–Crippen LogP) is 3.87. The highest BCUT2D eigenvalue weighted by atomic mass is 35.5. The molecule has 0 spiro atoms. The molecule has 0 unspecified atom stereocenters. The van der Waals surface area contributed by atoms with E-state index in [9.17, 15) is 0 Å². The first-order chi connectivity index (χ1) is 9.36.